The molecule has 0 aliphatic heterocycles. The summed E-state index contributed by atoms with van der Waals surface area (Å²) < 4.78 is 15.2. The minimum absolute atomic E-state index is 0.0155. The minimum atomic E-state index is -1.27. The molecule has 0 rings (SSSR count). The van der Waals surface area contributed by atoms with Crippen molar-refractivity contribution in [3.63, 3.8) is 0 Å². The normalized spacial score (nSPS) is 14.3. The van der Waals surface area contributed by atoms with Gasteiger partial charge in [-0.3, -0.25) is 0 Å². The van der Waals surface area contributed by atoms with Crippen LogP contribution < -0.4 is 0 Å². The number of carbonyl (C=O) groups is 3. The third-order valence-electron chi connectivity index (χ3n) is 2.90. The van der Waals surface area contributed by atoms with E-state index in [0.717, 1.165) is 7.11 Å². The summed E-state index contributed by atoms with van der Waals surface area (Å²) in [6.07, 6.45) is -2.01. The number of aliphatic hydroxyl groups is 1. The molecular formula is C17H31NO7. The van der Waals surface area contributed by atoms with Gasteiger partial charge in [0.1, 0.15) is 17.2 Å². The van der Waals surface area contributed by atoms with Crippen molar-refractivity contribution in [1.82, 2.24) is 4.90 Å². The van der Waals surface area contributed by atoms with Gasteiger partial charge in [0.25, 0.3) is 0 Å². The number of imide groups is 1. The van der Waals surface area contributed by atoms with Crippen molar-refractivity contribution in [3.05, 3.63) is 0 Å². The SMILES string of the molecule is COC(=O)[C@H](C[C@H](C)CO)N(C(=O)OC(C)(C)C)C(=O)OC(C)(C)C. The number of rotatable bonds is 5. The number of hydrogen-bond donors (Lipinski definition) is 1. The van der Waals surface area contributed by atoms with E-state index in [-0.39, 0.29) is 18.9 Å². The number of aliphatic hydroxyl groups excluding tert-OH is 1. The van der Waals surface area contributed by atoms with Crippen LogP contribution in [-0.2, 0) is 19.0 Å². The summed E-state index contributed by atoms with van der Waals surface area (Å²) in [6, 6.07) is -1.27. The maximum absolute atomic E-state index is 12.6. The largest absolute Gasteiger partial charge is 0.467 e. The van der Waals surface area contributed by atoms with E-state index in [4.69, 9.17) is 14.2 Å². The molecule has 1 N–H and O–H groups in total. The van der Waals surface area contributed by atoms with Crippen LogP contribution in [0, 0.1) is 5.92 Å². The van der Waals surface area contributed by atoms with Gasteiger partial charge >= 0.3 is 18.2 Å². The molecule has 0 aliphatic carbocycles. The van der Waals surface area contributed by atoms with Gasteiger partial charge in [-0.05, 0) is 53.9 Å². The van der Waals surface area contributed by atoms with Crippen molar-refractivity contribution in [2.24, 2.45) is 5.92 Å². The summed E-state index contributed by atoms with van der Waals surface area (Å²) in [5.74, 6) is -1.14. The van der Waals surface area contributed by atoms with E-state index in [9.17, 15) is 19.5 Å². The second-order valence-corrected chi connectivity index (χ2v) is 7.89. The van der Waals surface area contributed by atoms with Crippen LogP contribution >= 0.6 is 0 Å². The monoisotopic (exact) mass is 361 g/mol. The molecule has 0 spiro atoms. The van der Waals surface area contributed by atoms with Gasteiger partial charge in [0.2, 0.25) is 0 Å². The highest BCUT2D eigenvalue weighted by molar-refractivity contribution is 5.94. The molecule has 0 bridgehead atoms. The fourth-order valence-corrected chi connectivity index (χ4v) is 1.85. The quantitative estimate of drug-likeness (QED) is 0.593. The van der Waals surface area contributed by atoms with E-state index in [2.05, 4.69) is 0 Å². The first-order valence-electron chi connectivity index (χ1n) is 8.15. The number of methoxy groups -OCH3 is 1. The Labute approximate surface area is 149 Å². The fraction of sp³-hybridized carbons (Fsp3) is 0.824. The van der Waals surface area contributed by atoms with Crippen LogP contribution in [0.2, 0.25) is 0 Å². The zero-order valence-electron chi connectivity index (χ0n) is 16.4. The highest BCUT2D eigenvalue weighted by Gasteiger charge is 2.41. The van der Waals surface area contributed by atoms with Gasteiger partial charge in [0.15, 0.2) is 0 Å². The average Bonchev–Trinajstić information content (AvgIpc) is 2.41. The topological polar surface area (TPSA) is 102 Å². The predicted molar refractivity (Wildman–Crippen MR) is 91.0 cm³/mol. The molecule has 146 valence electrons. The summed E-state index contributed by atoms with van der Waals surface area (Å²) in [5.41, 5.74) is -1.75. The second-order valence-electron chi connectivity index (χ2n) is 7.89. The van der Waals surface area contributed by atoms with Gasteiger partial charge in [-0.1, -0.05) is 6.92 Å². The Balaban J connectivity index is 5.80. The van der Waals surface area contributed by atoms with E-state index < -0.39 is 35.4 Å². The molecule has 0 heterocycles. The molecule has 0 saturated carbocycles. The van der Waals surface area contributed by atoms with Gasteiger partial charge in [-0.2, -0.15) is 4.90 Å². The number of ether oxygens (including phenoxy) is 3. The first kappa shape index (κ1) is 23.2. The van der Waals surface area contributed by atoms with Crippen LogP contribution in [0.15, 0.2) is 0 Å². The number of carbonyl (C=O) groups excluding carboxylic acids is 3. The molecule has 0 aromatic rings. The number of esters is 1. The second kappa shape index (κ2) is 9.03. The highest BCUT2D eigenvalue weighted by Crippen LogP contribution is 2.21. The van der Waals surface area contributed by atoms with Crippen molar-refractivity contribution in [2.45, 2.75) is 72.1 Å². The first-order valence-corrected chi connectivity index (χ1v) is 8.15. The summed E-state index contributed by atoms with van der Waals surface area (Å²) in [5, 5.41) is 9.27. The van der Waals surface area contributed by atoms with Crippen molar-refractivity contribution in [2.75, 3.05) is 13.7 Å². The predicted octanol–water partition coefficient (Wildman–Crippen LogP) is 2.72. The molecule has 2 atom stereocenters. The Morgan fingerprint density at radius 3 is 1.64 bits per heavy atom. The third-order valence-corrected chi connectivity index (χ3v) is 2.90. The summed E-state index contributed by atoms with van der Waals surface area (Å²) in [4.78, 5) is 37.9. The van der Waals surface area contributed by atoms with Crippen LogP contribution in [0.3, 0.4) is 0 Å². The zero-order chi connectivity index (χ0) is 20.0. The summed E-state index contributed by atoms with van der Waals surface area (Å²) in [6.45, 7) is 11.3. The lowest BCUT2D eigenvalue weighted by Crippen LogP contribution is -2.52. The molecule has 8 heteroatoms. The molecule has 0 saturated heterocycles. The molecule has 0 unspecified atom stereocenters. The fourth-order valence-electron chi connectivity index (χ4n) is 1.85. The highest BCUT2D eigenvalue weighted by atomic mass is 16.6. The Bertz CT molecular complexity index is 448. The van der Waals surface area contributed by atoms with E-state index >= 15 is 0 Å². The molecule has 0 aliphatic rings. The lowest BCUT2D eigenvalue weighted by Gasteiger charge is -2.32. The lowest BCUT2D eigenvalue weighted by molar-refractivity contribution is -0.147. The van der Waals surface area contributed by atoms with Crippen molar-refractivity contribution in [3.8, 4) is 0 Å². The number of nitrogens with zero attached hydrogens (tertiary/aromatic N) is 1. The Hall–Kier alpha value is -1.83. The van der Waals surface area contributed by atoms with Gasteiger partial charge in [-0.15, -0.1) is 0 Å². The molecule has 2 amide bonds. The average molecular weight is 361 g/mol. The van der Waals surface area contributed by atoms with Crippen molar-refractivity contribution in [1.29, 1.82) is 0 Å². The third kappa shape index (κ3) is 8.72. The molecule has 0 aromatic carbocycles. The minimum Gasteiger partial charge on any atom is -0.467 e. The summed E-state index contributed by atoms with van der Waals surface area (Å²) in [7, 11) is 1.15. The number of hydrogen-bond acceptors (Lipinski definition) is 7. The van der Waals surface area contributed by atoms with E-state index in [0.29, 0.717) is 4.90 Å². The summed E-state index contributed by atoms with van der Waals surface area (Å²) >= 11 is 0. The van der Waals surface area contributed by atoms with E-state index in [1.165, 1.54) is 0 Å². The molecule has 8 nitrogen and oxygen atoms in total. The van der Waals surface area contributed by atoms with Crippen LogP contribution in [0.1, 0.15) is 54.9 Å². The Morgan fingerprint density at radius 1 is 0.960 bits per heavy atom. The van der Waals surface area contributed by atoms with Crippen molar-refractivity contribution < 1.29 is 33.7 Å². The van der Waals surface area contributed by atoms with Crippen LogP contribution in [0.25, 0.3) is 0 Å². The molecule has 0 fully saturated rings. The number of amides is 2. The lowest BCUT2D eigenvalue weighted by atomic mass is 10.0. The van der Waals surface area contributed by atoms with Gasteiger partial charge in [0, 0.05) is 6.61 Å². The van der Waals surface area contributed by atoms with Crippen LogP contribution in [-0.4, -0.2) is 59.1 Å². The molecule has 0 aromatic heterocycles. The zero-order valence-corrected chi connectivity index (χ0v) is 16.4. The maximum atomic E-state index is 12.6. The molecule has 0 radical (unpaired) electrons. The Kier molecular flexibility index (Phi) is 8.37. The molecule has 25 heavy (non-hydrogen) atoms. The Morgan fingerprint density at radius 2 is 1.36 bits per heavy atom. The smallest absolute Gasteiger partial charge is 0.420 e. The molecular weight excluding hydrogens is 330 g/mol. The first-order chi connectivity index (χ1) is 11.2. The maximum Gasteiger partial charge on any atom is 0.420 e. The van der Waals surface area contributed by atoms with Gasteiger partial charge in [-0.25, -0.2) is 14.4 Å². The van der Waals surface area contributed by atoms with Crippen LogP contribution in [0.4, 0.5) is 9.59 Å². The van der Waals surface area contributed by atoms with E-state index in [1.54, 1.807) is 48.5 Å². The van der Waals surface area contributed by atoms with E-state index in [1.807, 2.05) is 0 Å². The standard InChI is InChI=1S/C17H31NO7/c1-11(10-19)9-12(13(20)23-8)18(14(21)24-16(2,3)4)15(22)25-17(5,6)7/h11-12,19H,9-10H2,1-8H3/t11-,12-/m0/s1. The van der Waals surface area contributed by atoms with Gasteiger partial charge in [0.05, 0.1) is 7.11 Å². The van der Waals surface area contributed by atoms with Gasteiger partial charge < -0.3 is 19.3 Å². The van der Waals surface area contributed by atoms with Crippen molar-refractivity contribution >= 4 is 18.2 Å². The van der Waals surface area contributed by atoms with Crippen LogP contribution in [0.5, 0.6) is 0 Å².